The van der Waals surface area contributed by atoms with E-state index >= 15 is 0 Å². The number of hydrogen-bond acceptors (Lipinski definition) is 4. The highest BCUT2D eigenvalue weighted by Crippen LogP contribution is 2.40. The zero-order chi connectivity index (χ0) is 21.8. The molecule has 1 aromatic heterocycles. The van der Waals surface area contributed by atoms with Gasteiger partial charge in [0.25, 0.3) is 0 Å². The van der Waals surface area contributed by atoms with Gasteiger partial charge >= 0.3 is 6.18 Å². The predicted molar refractivity (Wildman–Crippen MR) is 105 cm³/mol. The van der Waals surface area contributed by atoms with Crippen molar-refractivity contribution < 1.29 is 23.1 Å². The lowest BCUT2D eigenvalue weighted by molar-refractivity contribution is -0.271. The molecule has 0 bridgehead atoms. The monoisotopic (exact) mass is 418 g/mol. The molecule has 0 fully saturated rings. The summed E-state index contributed by atoms with van der Waals surface area (Å²) in [7, 11) is 1.32. The normalized spacial score (nSPS) is 13.5. The molecule has 3 aromatic rings. The fourth-order valence-electron chi connectivity index (χ4n) is 3.06. The second-order valence-electron chi connectivity index (χ2n) is 6.84. The average Bonchev–Trinajstić information content (AvgIpc) is 3.14. The van der Waals surface area contributed by atoms with Crippen LogP contribution in [0.5, 0.6) is 0 Å². The first-order chi connectivity index (χ1) is 14.2. The Morgan fingerprint density at radius 1 is 1.10 bits per heavy atom. The van der Waals surface area contributed by atoms with Gasteiger partial charge in [0.15, 0.2) is 5.82 Å². The molecular formula is C21H21F3N4O2. The van der Waals surface area contributed by atoms with Crippen LogP contribution in [0.2, 0.25) is 0 Å². The number of carbonyl (C=O) groups is 1. The topological polar surface area (TPSA) is 70.4 Å². The van der Waals surface area contributed by atoms with E-state index < -0.39 is 29.9 Å². The molecule has 0 aliphatic rings. The Hall–Kier alpha value is -3.33. The van der Waals surface area contributed by atoms with Crippen LogP contribution in [-0.4, -0.2) is 26.7 Å². The molecule has 0 spiro atoms. The molecule has 3 rings (SSSR count). The Morgan fingerprint density at radius 2 is 1.70 bits per heavy atom. The molecule has 1 heterocycles. The van der Waals surface area contributed by atoms with Crippen molar-refractivity contribution in [2.75, 3.05) is 5.01 Å². The van der Waals surface area contributed by atoms with Gasteiger partial charge in [0.05, 0.1) is 18.7 Å². The molecule has 0 saturated carbocycles. The lowest BCUT2D eigenvalue weighted by Crippen LogP contribution is -2.50. The minimum absolute atomic E-state index is 0.226. The van der Waals surface area contributed by atoms with Gasteiger partial charge in [-0.2, -0.15) is 13.2 Å². The van der Waals surface area contributed by atoms with Gasteiger partial charge in [-0.1, -0.05) is 48.5 Å². The number of imidazole rings is 1. The highest BCUT2D eigenvalue weighted by Gasteiger charge is 2.58. The highest BCUT2D eigenvalue weighted by atomic mass is 19.4. The van der Waals surface area contributed by atoms with E-state index in [1.807, 2.05) is 30.3 Å². The van der Waals surface area contributed by atoms with Gasteiger partial charge in [0.2, 0.25) is 11.5 Å². The number of aromatic nitrogens is 2. The number of halogens is 3. The minimum atomic E-state index is -5.10. The van der Waals surface area contributed by atoms with E-state index in [2.05, 4.69) is 10.4 Å². The van der Waals surface area contributed by atoms with Crippen LogP contribution < -0.4 is 10.4 Å². The molecule has 2 aromatic carbocycles. The number of nitrogens with zero attached hydrogens (tertiary/aromatic N) is 3. The van der Waals surface area contributed by atoms with Crippen molar-refractivity contribution in [3.05, 3.63) is 84.4 Å². The van der Waals surface area contributed by atoms with E-state index in [1.54, 1.807) is 30.3 Å². The minimum Gasteiger partial charge on any atom is -0.374 e. The highest BCUT2D eigenvalue weighted by molar-refractivity contribution is 5.79. The average molecular weight is 418 g/mol. The molecule has 1 atom stereocenters. The molecule has 158 valence electrons. The van der Waals surface area contributed by atoms with E-state index in [-0.39, 0.29) is 6.54 Å². The largest absolute Gasteiger partial charge is 0.425 e. The van der Waals surface area contributed by atoms with E-state index in [0.717, 1.165) is 16.3 Å². The molecule has 0 aliphatic carbocycles. The summed E-state index contributed by atoms with van der Waals surface area (Å²) in [6.07, 6.45) is -3.93. The standard InChI is InChI=1S/C21H21F3N4O2/c1-27-13-12-25-19(27)20(30,21(22,23)24)14-18(29)26-28(17-10-6-3-7-11-17)15-16-8-4-2-5-9-16/h2-13,30H,14-15H2,1H3,(H,26,29). The summed E-state index contributed by atoms with van der Waals surface area (Å²) >= 11 is 0. The van der Waals surface area contributed by atoms with Gasteiger partial charge in [-0.25, -0.2) is 4.98 Å². The quantitative estimate of drug-likeness (QED) is 0.578. The van der Waals surface area contributed by atoms with Gasteiger partial charge in [-0.05, 0) is 17.7 Å². The first-order valence-corrected chi connectivity index (χ1v) is 9.13. The molecule has 30 heavy (non-hydrogen) atoms. The van der Waals surface area contributed by atoms with Gasteiger partial charge in [0.1, 0.15) is 0 Å². The number of para-hydroxylation sites is 1. The Labute approximate surface area is 171 Å². The van der Waals surface area contributed by atoms with E-state index in [0.29, 0.717) is 5.69 Å². The number of amides is 1. The Kier molecular flexibility index (Phi) is 6.12. The van der Waals surface area contributed by atoms with E-state index in [9.17, 15) is 23.1 Å². The zero-order valence-electron chi connectivity index (χ0n) is 16.2. The maximum atomic E-state index is 13.7. The predicted octanol–water partition coefficient (Wildman–Crippen LogP) is 3.30. The number of hydrazine groups is 1. The summed E-state index contributed by atoms with van der Waals surface area (Å²) in [5.74, 6) is -1.66. The van der Waals surface area contributed by atoms with Gasteiger partial charge in [-0.15, -0.1) is 0 Å². The molecular weight excluding hydrogens is 397 g/mol. The van der Waals surface area contributed by atoms with Crippen LogP contribution in [0.4, 0.5) is 18.9 Å². The smallest absolute Gasteiger partial charge is 0.374 e. The summed E-state index contributed by atoms with van der Waals surface area (Å²) in [5.41, 5.74) is 0.492. The number of nitrogens with one attached hydrogen (secondary N) is 1. The lowest BCUT2D eigenvalue weighted by atomic mass is 9.97. The molecule has 1 amide bonds. The van der Waals surface area contributed by atoms with Gasteiger partial charge < -0.3 is 9.67 Å². The van der Waals surface area contributed by atoms with Gasteiger partial charge in [-0.3, -0.25) is 15.2 Å². The number of alkyl halides is 3. The van der Waals surface area contributed by atoms with Crippen LogP contribution in [0.15, 0.2) is 73.1 Å². The van der Waals surface area contributed by atoms with Crippen molar-refractivity contribution in [2.45, 2.75) is 24.7 Å². The number of hydrogen-bond donors (Lipinski definition) is 2. The van der Waals surface area contributed by atoms with E-state index in [4.69, 9.17) is 0 Å². The molecule has 6 nitrogen and oxygen atoms in total. The summed E-state index contributed by atoms with van der Waals surface area (Å²) in [6, 6.07) is 17.9. The maximum absolute atomic E-state index is 13.7. The number of rotatable bonds is 7. The van der Waals surface area contributed by atoms with Crippen molar-refractivity contribution >= 4 is 11.6 Å². The summed E-state index contributed by atoms with van der Waals surface area (Å²) < 4.78 is 42.2. The number of benzene rings is 2. The Balaban J connectivity index is 1.85. The SMILES string of the molecule is Cn1ccnc1C(O)(CC(=O)NN(Cc1ccccc1)c1ccccc1)C(F)(F)F. The number of aryl methyl sites for hydroxylation is 1. The van der Waals surface area contributed by atoms with Crippen LogP contribution in [-0.2, 0) is 24.0 Å². The van der Waals surface area contributed by atoms with Crippen molar-refractivity contribution in [2.24, 2.45) is 7.05 Å². The molecule has 9 heteroatoms. The lowest BCUT2D eigenvalue weighted by Gasteiger charge is -2.31. The van der Waals surface area contributed by atoms with Crippen molar-refractivity contribution in [3.8, 4) is 0 Å². The van der Waals surface area contributed by atoms with Crippen molar-refractivity contribution in [1.29, 1.82) is 0 Å². The molecule has 0 radical (unpaired) electrons. The zero-order valence-corrected chi connectivity index (χ0v) is 16.2. The molecule has 0 saturated heterocycles. The van der Waals surface area contributed by atoms with Gasteiger partial charge in [0, 0.05) is 19.4 Å². The van der Waals surface area contributed by atoms with Crippen LogP contribution >= 0.6 is 0 Å². The number of carbonyl (C=O) groups excluding carboxylic acids is 1. The van der Waals surface area contributed by atoms with Crippen LogP contribution in [0.3, 0.4) is 0 Å². The summed E-state index contributed by atoms with van der Waals surface area (Å²) in [4.78, 5) is 16.2. The summed E-state index contributed by atoms with van der Waals surface area (Å²) in [5, 5.41) is 11.9. The molecule has 1 unspecified atom stereocenters. The third-order valence-corrected chi connectivity index (χ3v) is 4.59. The van der Waals surface area contributed by atoms with Crippen LogP contribution in [0.25, 0.3) is 0 Å². The van der Waals surface area contributed by atoms with E-state index in [1.165, 1.54) is 18.3 Å². The second-order valence-corrected chi connectivity index (χ2v) is 6.84. The van der Waals surface area contributed by atoms with Crippen LogP contribution in [0, 0.1) is 0 Å². The third kappa shape index (κ3) is 4.62. The third-order valence-electron chi connectivity index (χ3n) is 4.59. The fraction of sp³-hybridized carbons (Fsp3) is 0.238. The first kappa shape index (κ1) is 21.4. The maximum Gasteiger partial charge on any atom is 0.425 e. The number of anilines is 1. The Morgan fingerprint density at radius 3 is 2.23 bits per heavy atom. The van der Waals surface area contributed by atoms with Crippen molar-refractivity contribution in [1.82, 2.24) is 15.0 Å². The fourth-order valence-corrected chi connectivity index (χ4v) is 3.06. The summed E-state index contributed by atoms with van der Waals surface area (Å²) in [6.45, 7) is 0.226. The van der Waals surface area contributed by atoms with Crippen LogP contribution in [0.1, 0.15) is 17.8 Å². The molecule has 2 N–H and O–H groups in total. The first-order valence-electron chi connectivity index (χ1n) is 9.13. The second kappa shape index (κ2) is 8.58. The molecule has 0 aliphatic heterocycles. The van der Waals surface area contributed by atoms with Crippen molar-refractivity contribution in [3.63, 3.8) is 0 Å². The number of aliphatic hydroxyl groups is 1. The Bertz CT molecular complexity index is 977.